The number of carboxylic acid groups (broad SMARTS) is 1. The number of benzene rings is 7. The maximum absolute atomic E-state index is 11.8. The maximum atomic E-state index is 11.8. The summed E-state index contributed by atoms with van der Waals surface area (Å²) in [4.78, 5) is 16.1. The van der Waals surface area contributed by atoms with Crippen molar-refractivity contribution in [1.82, 2.24) is 0 Å². The number of carboxylic acids is 1. The fourth-order valence-corrected chi connectivity index (χ4v) is 9.38. The Morgan fingerprint density at radius 2 is 1.37 bits per heavy atom. The lowest BCUT2D eigenvalue weighted by Gasteiger charge is -2.34. The standard InChI is InChI=1S/C58H53N5O2/c1-40-20-26-44-14-10-12-18-50(44)55(40)58(5,38-42-23-30-48(31-24-42)62(6)49-32-28-47(29-33-49)61-60-46-16-8-7-9-17-46)41(2)21-22-43(39-59)25-35-53-57(3,4)56-51-19-13-11-15-45(51)27-34-52(56)63(53)37-36-54(64)65/h7-35H,2,36-38H2,1,3-6H3,(H,64,65)/b22-21+,43-25-,53-35+,61-60?. The molecule has 0 radical (unpaired) electrons. The van der Waals surface area contributed by atoms with Gasteiger partial charge < -0.3 is 14.9 Å². The summed E-state index contributed by atoms with van der Waals surface area (Å²) in [6.07, 6.45) is 8.34. The first kappa shape index (κ1) is 43.8. The molecule has 0 aliphatic carbocycles. The number of hydrogen-bond acceptors (Lipinski definition) is 6. The number of carbonyl (C=O) groups is 1. The molecule has 1 aliphatic heterocycles. The van der Waals surface area contributed by atoms with Gasteiger partial charge in [0.05, 0.1) is 29.4 Å². The highest BCUT2D eigenvalue weighted by Gasteiger charge is 2.41. The molecule has 322 valence electrons. The summed E-state index contributed by atoms with van der Waals surface area (Å²) in [5.74, 6) is -0.857. The van der Waals surface area contributed by atoms with Crippen LogP contribution < -0.4 is 9.80 Å². The van der Waals surface area contributed by atoms with E-state index in [1.165, 1.54) is 16.5 Å². The molecule has 0 saturated heterocycles. The number of aliphatic carboxylic acids is 1. The quantitative estimate of drug-likeness (QED) is 0.0668. The van der Waals surface area contributed by atoms with E-state index in [0.717, 1.165) is 67.0 Å². The topological polar surface area (TPSA) is 92.3 Å². The molecule has 0 bridgehead atoms. The van der Waals surface area contributed by atoms with Gasteiger partial charge in [0, 0.05) is 47.2 Å². The molecule has 7 aromatic rings. The van der Waals surface area contributed by atoms with E-state index in [4.69, 9.17) is 6.58 Å². The van der Waals surface area contributed by atoms with Crippen molar-refractivity contribution in [3.8, 4) is 6.07 Å². The van der Waals surface area contributed by atoms with Crippen molar-refractivity contribution >= 4 is 56.0 Å². The second kappa shape index (κ2) is 18.5. The van der Waals surface area contributed by atoms with Crippen LogP contribution in [0.1, 0.15) is 49.4 Å². The van der Waals surface area contributed by atoms with Crippen LogP contribution in [0.3, 0.4) is 0 Å². The Hall–Kier alpha value is -7.82. The van der Waals surface area contributed by atoms with Gasteiger partial charge in [-0.15, -0.1) is 0 Å². The van der Waals surface area contributed by atoms with E-state index in [-0.39, 0.29) is 6.42 Å². The minimum atomic E-state index is -0.857. The first-order valence-corrected chi connectivity index (χ1v) is 22.0. The number of rotatable bonds is 14. The molecule has 8 rings (SSSR count). The zero-order valence-electron chi connectivity index (χ0n) is 37.7. The van der Waals surface area contributed by atoms with Crippen molar-refractivity contribution < 1.29 is 9.90 Å². The van der Waals surface area contributed by atoms with Gasteiger partial charge >= 0.3 is 5.97 Å². The minimum absolute atomic E-state index is 0.0163. The highest BCUT2D eigenvalue weighted by Crippen LogP contribution is 2.51. The second-order valence-electron chi connectivity index (χ2n) is 17.5. The lowest BCUT2D eigenvalue weighted by Crippen LogP contribution is -2.28. The smallest absolute Gasteiger partial charge is 0.305 e. The molecule has 1 heterocycles. The second-order valence-corrected chi connectivity index (χ2v) is 17.5. The Bertz CT molecular complexity index is 3080. The van der Waals surface area contributed by atoms with Crippen LogP contribution in [-0.4, -0.2) is 24.7 Å². The summed E-state index contributed by atoms with van der Waals surface area (Å²) in [5, 5.41) is 33.6. The van der Waals surface area contributed by atoms with Crippen LogP contribution in [0.2, 0.25) is 0 Å². The molecule has 0 saturated carbocycles. The molecule has 1 atom stereocenters. The lowest BCUT2D eigenvalue weighted by atomic mass is 9.69. The Balaban J connectivity index is 1.09. The molecule has 1 N–H and O–H groups in total. The van der Waals surface area contributed by atoms with Crippen LogP contribution in [0.25, 0.3) is 21.5 Å². The zero-order valence-corrected chi connectivity index (χ0v) is 37.7. The highest BCUT2D eigenvalue weighted by atomic mass is 16.4. The molecule has 0 aromatic heterocycles. The van der Waals surface area contributed by atoms with Crippen molar-refractivity contribution in [2.75, 3.05) is 23.4 Å². The summed E-state index contributed by atoms with van der Waals surface area (Å²) in [5.41, 5.74) is 10.6. The molecule has 65 heavy (non-hydrogen) atoms. The number of hydrogen-bond donors (Lipinski definition) is 1. The van der Waals surface area contributed by atoms with Crippen LogP contribution in [-0.2, 0) is 22.0 Å². The number of anilines is 3. The molecule has 0 fully saturated rings. The van der Waals surface area contributed by atoms with Crippen LogP contribution in [0, 0.1) is 18.3 Å². The maximum Gasteiger partial charge on any atom is 0.305 e. The lowest BCUT2D eigenvalue weighted by molar-refractivity contribution is -0.136. The summed E-state index contributed by atoms with van der Waals surface area (Å²) in [6.45, 7) is 13.8. The van der Waals surface area contributed by atoms with E-state index in [2.05, 4.69) is 158 Å². The van der Waals surface area contributed by atoms with E-state index in [0.29, 0.717) is 18.5 Å². The number of azo groups is 1. The van der Waals surface area contributed by atoms with Gasteiger partial charge in [0.15, 0.2) is 0 Å². The zero-order chi connectivity index (χ0) is 45.7. The molecule has 1 unspecified atom stereocenters. The van der Waals surface area contributed by atoms with Gasteiger partial charge in [-0.1, -0.05) is 130 Å². The van der Waals surface area contributed by atoms with E-state index >= 15 is 0 Å². The van der Waals surface area contributed by atoms with Crippen molar-refractivity contribution in [2.24, 2.45) is 10.2 Å². The third kappa shape index (κ3) is 9.02. The Morgan fingerprint density at radius 3 is 2.03 bits per heavy atom. The first-order chi connectivity index (χ1) is 31.4. The number of nitriles is 1. The number of nitrogens with zero attached hydrogens (tertiary/aromatic N) is 5. The predicted molar refractivity (Wildman–Crippen MR) is 268 cm³/mol. The molecule has 7 nitrogen and oxygen atoms in total. The van der Waals surface area contributed by atoms with E-state index in [9.17, 15) is 15.2 Å². The number of allylic oxidation sites excluding steroid dienone is 7. The highest BCUT2D eigenvalue weighted by molar-refractivity contribution is 5.95. The number of aryl methyl sites for hydroxylation is 1. The molecule has 0 amide bonds. The van der Waals surface area contributed by atoms with Crippen molar-refractivity contribution in [2.45, 2.75) is 51.4 Å². The Morgan fingerprint density at radius 1 is 0.785 bits per heavy atom. The van der Waals surface area contributed by atoms with Crippen LogP contribution >= 0.6 is 0 Å². The third-order valence-corrected chi connectivity index (χ3v) is 12.9. The van der Waals surface area contributed by atoms with Gasteiger partial charge in [0.25, 0.3) is 0 Å². The summed E-state index contributed by atoms with van der Waals surface area (Å²) in [6, 6.07) is 54.2. The normalized spacial score (nSPS) is 15.1. The third-order valence-electron chi connectivity index (χ3n) is 12.9. The average molecular weight is 852 g/mol. The molecule has 0 spiro atoms. The minimum Gasteiger partial charge on any atom is -0.481 e. The number of fused-ring (bicyclic) bond motifs is 4. The molecular formula is C58H53N5O2. The van der Waals surface area contributed by atoms with Crippen molar-refractivity contribution in [3.05, 3.63) is 222 Å². The summed E-state index contributed by atoms with van der Waals surface area (Å²) in [7, 11) is 2.06. The van der Waals surface area contributed by atoms with Gasteiger partial charge in [-0.25, -0.2) is 0 Å². The Kier molecular flexibility index (Phi) is 12.5. The fourth-order valence-electron chi connectivity index (χ4n) is 9.38. The van der Waals surface area contributed by atoms with E-state index < -0.39 is 16.8 Å². The summed E-state index contributed by atoms with van der Waals surface area (Å²) < 4.78 is 0. The van der Waals surface area contributed by atoms with Crippen LogP contribution in [0.4, 0.5) is 28.4 Å². The van der Waals surface area contributed by atoms with Crippen molar-refractivity contribution in [1.29, 1.82) is 5.26 Å². The SMILES string of the molecule is C=C(/C=C/C(C#N)=C/C=C1/N(CCC(=O)O)c2ccc3ccccc3c2C1(C)C)C(C)(Cc1ccc(N(C)c2ccc(N=Nc3ccccc3)cc2)cc1)c1c(C)ccc2ccccc12. The van der Waals surface area contributed by atoms with Gasteiger partial charge in [-0.05, 0) is 136 Å². The van der Waals surface area contributed by atoms with E-state index in [1.54, 1.807) is 0 Å². The molecular weight excluding hydrogens is 799 g/mol. The van der Waals surface area contributed by atoms with Gasteiger partial charge in [-0.3, -0.25) is 4.79 Å². The molecule has 1 aliphatic rings. The summed E-state index contributed by atoms with van der Waals surface area (Å²) >= 11 is 0. The van der Waals surface area contributed by atoms with Gasteiger partial charge in [0.2, 0.25) is 0 Å². The van der Waals surface area contributed by atoms with Crippen LogP contribution in [0.5, 0.6) is 0 Å². The van der Waals surface area contributed by atoms with Gasteiger partial charge in [0.1, 0.15) is 0 Å². The van der Waals surface area contributed by atoms with Crippen molar-refractivity contribution in [3.63, 3.8) is 0 Å². The predicted octanol–water partition coefficient (Wildman–Crippen LogP) is 14.7. The monoisotopic (exact) mass is 851 g/mol. The molecule has 7 aromatic carbocycles. The van der Waals surface area contributed by atoms with Crippen LogP contribution in [0.15, 0.2) is 210 Å². The fraction of sp³-hybridized carbons (Fsp3) is 0.172. The average Bonchev–Trinajstić information content (AvgIpc) is 3.55. The largest absolute Gasteiger partial charge is 0.481 e. The van der Waals surface area contributed by atoms with E-state index in [1.807, 2.05) is 78.9 Å². The first-order valence-electron chi connectivity index (χ1n) is 22.0. The van der Waals surface area contributed by atoms with Gasteiger partial charge in [-0.2, -0.15) is 15.5 Å². The Labute approximate surface area is 382 Å². The molecule has 7 heteroatoms.